The van der Waals surface area contributed by atoms with E-state index in [1.54, 1.807) is 30.3 Å². The molecule has 1 aromatic carbocycles. The van der Waals surface area contributed by atoms with E-state index in [4.69, 9.17) is 11.6 Å². The standard InChI is InChI=1S/C18H20ClN3O/c1-21(18(23)16-12-15(19)8-9-20-16)13-14-6-2-3-7-17(14)22-10-4-5-11-22/h2-3,6-9,12H,4-5,10-11,13H2,1H3. The van der Waals surface area contributed by atoms with Crippen LogP contribution in [0.1, 0.15) is 28.9 Å². The SMILES string of the molecule is CN(Cc1ccccc1N1CCCC1)C(=O)c1cc(Cl)ccn1. The predicted octanol–water partition coefficient (Wildman–Crippen LogP) is 3.61. The molecule has 0 atom stereocenters. The minimum Gasteiger partial charge on any atom is -0.371 e. The molecule has 120 valence electrons. The van der Waals surface area contributed by atoms with Crippen LogP contribution in [0.5, 0.6) is 0 Å². The van der Waals surface area contributed by atoms with Gasteiger partial charge in [0.25, 0.3) is 5.91 Å². The molecule has 23 heavy (non-hydrogen) atoms. The van der Waals surface area contributed by atoms with Crippen molar-refractivity contribution in [2.75, 3.05) is 25.0 Å². The Kier molecular flexibility index (Phi) is 4.82. The number of rotatable bonds is 4. The summed E-state index contributed by atoms with van der Waals surface area (Å²) in [5.74, 6) is -0.122. The summed E-state index contributed by atoms with van der Waals surface area (Å²) < 4.78 is 0. The van der Waals surface area contributed by atoms with E-state index in [0.717, 1.165) is 18.7 Å². The zero-order valence-corrected chi connectivity index (χ0v) is 14.0. The molecule has 0 radical (unpaired) electrons. The maximum absolute atomic E-state index is 12.5. The number of hydrogen-bond donors (Lipinski definition) is 0. The number of nitrogens with zero attached hydrogens (tertiary/aromatic N) is 3. The lowest BCUT2D eigenvalue weighted by atomic mass is 10.1. The Labute approximate surface area is 141 Å². The van der Waals surface area contributed by atoms with Gasteiger partial charge in [0.2, 0.25) is 0 Å². The van der Waals surface area contributed by atoms with Crippen LogP contribution >= 0.6 is 11.6 Å². The van der Waals surface area contributed by atoms with Crippen LogP contribution in [-0.4, -0.2) is 35.9 Å². The molecule has 1 saturated heterocycles. The summed E-state index contributed by atoms with van der Waals surface area (Å²) >= 11 is 5.95. The van der Waals surface area contributed by atoms with Gasteiger partial charge in [-0.25, -0.2) is 0 Å². The van der Waals surface area contributed by atoms with Gasteiger partial charge in [-0.3, -0.25) is 9.78 Å². The first-order chi connectivity index (χ1) is 11.1. The number of hydrogen-bond acceptors (Lipinski definition) is 3. The second kappa shape index (κ2) is 7.01. The third-order valence-electron chi connectivity index (χ3n) is 4.13. The van der Waals surface area contributed by atoms with Crippen LogP contribution in [0.3, 0.4) is 0 Å². The van der Waals surface area contributed by atoms with E-state index in [2.05, 4.69) is 28.1 Å². The maximum Gasteiger partial charge on any atom is 0.272 e. The number of aromatic nitrogens is 1. The lowest BCUT2D eigenvalue weighted by Gasteiger charge is -2.24. The summed E-state index contributed by atoms with van der Waals surface area (Å²) in [6, 6.07) is 11.6. The number of halogens is 1. The fraction of sp³-hybridized carbons (Fsp3) is 0.333. The normalized spacial score (nSPS) is 14.1. The zero-order chi connectivity index (χ0) is 16.2. The van der Waals surface area contributed by atoms with E-state index in [-0.39, 0.29) is 5.91 Å². The highest BCUT2D eigenvalue weighted by molar-refractivity contribution is 6.30. The van der Waals surface area contributed by atoms with Crippen molar-refractivity contribution in [3.8, 4) is 0 Å². The van der Waals surface area contributed by atoms with Gasteiger partial charge in [0.1, 0.15) is 5.69 Å². The molecule has 2 aromatic rings. The third-order valence-corrected chi connectivity index (χ3v) is 4.37. The summed E-state index contributed by atoms with van der Waals surface area (Å²) in [6.45, 7) is 2.73. The first kappa shape index (κ1) is 15.8. The van der Waals surface area contributed by atoms with Crippen molar-refractivity contribution >= 4 is 23.2 Å². The van der Waals surface area contributed by atoms with Gasteiger partial charge in [-0.15, -0.1) is 0 Å². The van der Waals surface area contributed by atoms with Gasteiger partial charge in [0.15, 0.2) is 0 Å². The largest absolute Gasteiger partial charge is 0.371 e. The monoisotopic (exact) mass is 329 g/mol. The van der Waals surface area contributed by atoms with Crippen molar-refractivity contribution in [2.45, 2.75) is 19.4 Å². The van der Waals surface area contributed by atoms with Crippen LogP contribution < -0.4 is 4.90 Å². The molecule has 2 heterocycles. The Bertz CT molecular complexity index is 698. The molecule has 0 aliphatic carbocycles. The molecule has 3 rings (SSSR count). The highest BCUT2D eigenvalue weighted by Gasteiger charge is 2.19. The lowest BCUT2D eigenvalue weighted by molar-refractivity contribution is 0.0779. The number of amides is 1. The van der Waals surface area contributed by atoms with Gasteiger partial charge < -0.3 is 9.80 Å². The number of anilines is 1. The summed E-state index contributed by atoms with van der Waals surface area (Å²) in [6.07, 6.45) is 4.02. The molecule has 1 aromatic heterocycles. The molecule has 1 fully saturated rings. The predicted molar refractivity (Wildman–Crippen MR) is 92.9 cm³/mol. The van der Waals surface area contributed by atoms with Crippen LogP contribution in [-0.2, 0) is 6.54 Å². The zero-order valence-electron chi connectivity index (χ0n) is 13.2. The number of benzene rings is 1. The summed E-state index contributed by atoms with van der Waals surface area (Å²) in [5, 5.41) is 0.522. The first-order valence-electron chi connectivity index (χ1n) is 7.85. The number of pyridine rings is 1. The molecular weight excluding hydrogens is 310 g/mol. The highest BCUT2D eigenvalue weighted by atomic mass is 35.5. The molecule has 0 spiro atoms. The molecule has 0 saturated carbocycles. The second-order valence-corrected chi connectivity index (χ2v) is 6.28. The average Bonchev–Trinajstić information content (AvgIpc) is 3.09. The van der Waals surface area contributed by atoms with Crippen LogP contribution in [0.25, 0.3) is 0 Å². The molecule has 0 bridgehead atoms. The summed E-state index contributed by atoms with van der Waals surface area (Å²) in [5.41, 5.74) is 2.76. The van der Waals surface area contributed by atoms with E-state index in [1.807, 2.05) is 6.07 Å². The fourth-order valence-corrected chi connectivity index (χ4v) is 3.12. The van der Waals surface area contributed by atoms with E-state index in [9.17, 15) is 4.79 Å². The molecular formula is C18H20ClN3O. The van der Waals surface area contributed by atoms with Gasteiger partial charge in [0.05, 0.1) is 0 Å². The minimum atomic E-state index is -0.122. The Balaban J connectivity index is 1.77. The van der Waals surface area contributed by atoms with E-state index in [0.29, 0.717) is 17.3 Å². The van der Waals surface area contributed by atoms with Crippen LogP contribution in [0.15, 0.2) is 42.6 Å². The van der Waals surface area contributed by atoms with E-state index >= 15 is 0 Å². The summed E-state index contributed by atoms with van der Waals surface area (Å²) in [7, 11) is 1.80. The van der Waals surface area contributed by atoms with Gasteiger partial charge in [-0.2, -0.15) is 0 Å². The van der Waals surface area contributed by atoms with Gasteiger partial charge in [-0.05, 0) is 36.6 Å². The van der Waals surface area contributed by atoms with E-state index < -0.39 is 0 Å². The molecule has 1 aliphatic heterocycles. The van der Waals surface area contributed by atoms with Gasteiger partial charge in [-0.1, -0.05) is 29.8 Å². The Morgan fingerprint density at radius 2 is 2.00 bits per heavy atom. The fourth-order valence-electron chi connectivity index (χ4n) is 2.96. The smallest absolute Gasteiger partial charge is 0.272 e. The van der Waals surface area contributed by atoms with Gasteiger partial charge in [0, 0.05) is 43.6 Å². The Hall–Kier alpha value is -2.07. The molecule has 1 aliphatic rings. The van der Waals surface area contributed by atoms with Crippen molar-refractivity contribution < 1.29 is 4.79 Å². The Morgan fingerprint density at radius 3 is 2.74 bits per heavy atom. The molecule has 0 unspecified atom stereocenters. The molecule has 1 amide bonds. The lowest BCUT2D eigenvalue weighted by Crippen LogP contribution is -2.28. The van der Waals surface area contributed by atoms with Crippen molar-refractivity contribution in [3.05, 3.63) is 58.9 Å². The summed E-state index contributed by atoms with van der Waals surface area (Å²) in [4.78, 5) is 20.7. The second-order valence-electron chi connectivity index (χ2n) is 5.84. The molecule has 5 heteroatoms. The van der Waals surface area contributed by atoms with Crippen LogP contribution in [0, 0.1) is 0 Å². The van der Waals surface area contributed by atoms with E-state index in [1.165, 1.54) is 18.5 Å². The molecule has 4 nitrogen and oxygen atoms in total. The molecule has 0 N–H and O–H groups in total. The first-order valence-corrected chi connectivity index (χ1v) is 8.23. The van der Waals surface area contributed by atoms with Gasteiger partial charge >= 0.3 is 0 Å². The van der Waals surface area contributed by atoms with Crippen LogP contribution in [0.4, 0.5) is 5.69 Å². The van der Waals surface area contributed by atoms with Crippen molar-refractivity contribution in [2.24, 2.45) is 0 Å². The Morgan fingerprint density at radius 1 is 1.26 bits per heavy atom. The topological polar surface area (TPSA) is 36.4 Å². The number of carbonyl (C=O) groups is 1. The number of carbonyl (C=O) groups excluding carboxylic acids is 1. The van der Waals surface area contributed by atoms with Crippen molar-refractivity contribution in [3.63, 3.8) is 0 Å². The highest BCUT2D eigenvalue weighted by Crippen LogP contribution is 2.25. The van der Waals surface area contributed by atoms with Crippen LogP contribution in [0.2, 0.25) is 5.02 Å². The van der Waals surface area contributed by atoms with Crippen molar-refractivity contribution in [1.29, 1.82) is 0 Å². The maximum atomic E-state index is 12.5. The quantitative estimate of drug-likeness (QED) is 0.859. The minimum absolute atomic E-state index is 0.122. The van der Waals surface area contributed by atoms with Crippen molar-refractivity contribution in [1.82, 2.24) is 9.88 Å². The number of para-hydroxylation sites is 1. The average molecular weight is 330 g/mol. The third kappa shape index (κ3) is 3.64.